The Hall–Kier alpha value is -4.98. The van der Waals surface area contributed by atoms with E-state index in [4.69, 9.17) is 11.5 Å². The summed E-state index contributed by atoms with van der Waals surface area (Å²) in [4.78, 5) is 73.4. The lowest BCUT2D eigenvalue weighted by atomic mass is 10.0. The van der Waals surface area contributed by atoms with E-state index in [1.165, 1.54) is 24.3 Å². The van der Waals surface area contributed by atoms with Crippen LogP contribution >= 0.6 is 0 Å². The van der Waals surface area contributed by atoms with Gasteiger partial charge in [0.1, 0.15) is 23.9 Å². The molecule has 4 amide bonds. The fourth-order valence-electron chi connectivity index (χ4n) is 3.92. The molecule has 4 unspecified atom stereocenters. The minimum absolute atomic E-state index is 0.0210. The summed E-state index contributed by atoms with van der Waals surface area (Å²) in [6, 6.07) is 8.94. The van der Waals surface area contributed by atoms with Gasteiger partial charge in [-0.25, -0.2) is 4.79 Å². The van der Waals surface area contributed by atoms with Gasteiger partial charge in [-0.1, -0.05) is 42.5 Å². The number of aromatic hydroxyl groups is 1. The first-order valence-corrected chi connectivity index (χ1v) is 13.1. The van der Waals surface area contributed by atoms with Crippen molar-refractivity contribution in [2.45, 2.75) is 62.7 Å². The van der Waals surface area contributed by atoms with Crippen LogP contribution in [0.25, 0.3) is 0 Å². The van der Waals surface area contributed by atoms with E-state index in [0.29, 0.717) is 11.1 Å². The number of hydrogen-bond donors (Lipinski definition) is 8. The molecule has 226 valence electrons. The second-order valence-corrected chi connectivity index (χ2v) is 9.63. The van der Waals surface area contributed by atoms with E-state index in [1.807, 2.05) is 0 Å². The van der Waals surface area contributed by atoms with E-state index < -0.39 is 66.2 Å². The molecule has 0 spiro atoms. The van der Waals surface area contributed by atoms with Crippen molar-refractivity contribution < 1.29 is 44.1 Å². The first-order valence-electron chi connectivity index (χ1n) is 13.1. The molecule has 0 aliphatic rings. The number of rotatable bonds is 17. The van der Waals surface area contributed by atoms with Crippen LogP contribution in [0, 0.1) is 0 Å². The molecule has 0 heterocycles. The second-order valence-electron chi connectivity index (χ2n) is 9.63. The third kappa shape index (κ3) is 11.6. The molecule has 0 bridgehead atoms. The van der Waals surface area contributed by atoms with Crippen molar-refractivity contribution >= 4 is 35.6 Å². The lowest BCUT2D eigenvalue weighted by molar-refractivity contribution is -0.143. The monoisotopic (exact) mass is 585 g/mol. The average molecular weight is 586 g/mol. The number of amides is 4. The molecule has 4 atom stereocenters. The fourth-order valence-corrected chi connectivity index (χ4v) is 3.92. The summed E-state index contributed by atoms with van der Waals surface area (Å²) in [5.74, 6) is -5.86. The lowest BCUT2D eigenvalue weighted by Gasteiger charge is -2.25. The maximum absolute atomic E-state index is 13.4. The molecule has 0 aliphatic carbocycles. The molecule has 14 nitrogen and oxygen atoms in total. The highest BCUT2D eigenvalue weighted by Gasteiger charge is 2.31. The molecule has 10 N–H and O–H groups in total. The molecule has 2 aromatic carbocycles. The largest absolute Gasteiger partial charge is 0.508 e. The van der Waals surface area contributed by atoms with Crippen LogP contribution in [0.3, 0.4) is 0 Å². The van der Waals surface area contributed by atoms with Crippen molar-refractivity contribution in [2.24, 2.45) is 11.5 Å². The van der Waals surface area contributed by atoms with Gasteiger partial charge in [0.05, 0.1) is 6.04 Å². The zero-order chi connectivity index (χ0) is 31.2. The standard InChI is InChI=1S/C28H35N5O9/c29-19(10-12-23(30)35)25(38)32-21(14-16-4-2-1-3-5-16)27(40)31-20(11-13-24(36)37)26(39)33-22(28(41)42)15-17-6-8-18(34)9-7-17/h1-9,19-22,34H,10-15,29H2,(H2,30,35)(H,31,40)(H,32,38)(H,33,39)(H,36,37)(H,41,42). The number of carbonyl (C=O) groups excluding carboxylic acids is 4. The average Bonchev–Trinajstić information content (AvgIpc) is 2.94. The molecule has 0 radical (unpaired) electrons. The van der Waals surface area contributed by atoms with Gasteiger partial charge < -0.3 is 42.7 Å². The SMILES string of the molecule is NC(=O)CCC(N)C(=O)NC(Cc1ccccc1)C(=O)NC(CCC(=O)O)C(=O)NC(Cc1ccc(O)cc1)C(=O)O. The number of aliphatic carboxylic acids is 2. The molecule has 0 aliphatic heterocycles. The fraction of sp³-hybridized carbons (Fsp3) is 0.357. The summed E-state index contributed by atoms with van der Waals surface area (Å²) >= 11 is 0. The minimum Gasteiger partial charge on any atom is -0.508 e. The first kappa shape index (κ1) is 33.2. The van der Waals surface area contributed by atoms with Crippen molar-refractivity contribution in [3.63, 3.8) is 0 Å². The van der Waals surface area contributed by atoms with Gasteiger partial charge in [0, 0.05) is 25.7 Å². The molecule has 0 saturated heterocycles. The van der Waals surface area contributed by atoms with Crippen LogP contribution in [0.15, 0.2) is 54.6 Å². The summed E-state index contributed by atoms with van der Waals surface area (Å²) in [5, 5.41) is 35.6. The van der Waals surface area contributed by atoms with Gasteiger partial charge in [-0.2, -0.15) is 0 Å². The Balaban J connectivity index is 2.23. The Morgan fingerprint density at radius 3 is 1.76 bits per heavy atom. The Morgan fingerprint density at radius 1 is 0.667 bits per heavy atom. The number of benzene rings is 2. The van der Waals surface area contributed by atoms with Crippen LogP contribution in [-0.4, -0.2) is 75.1 Å². The molecule has 14 heteroatoms. The zero-order valence-corrected chi connectivity index (χ0v) is 22.7. The Labute approximate surface area is 241 Å². The van der Waals surface area contributed by atoms with Crippen molar-refractivity contribution in [2.75, 3.05) is 0 Å². The number of carboxylic acids is 2. The normalized spacial score (nSPS) is 13.5. The number of nitrogens with two attached hydrogens (primary N) is 2. The third-order valence-electron chi connectivity index (χ3n) is 6.22. The number of phenols is 1. The van der Waals surface area contributed by atoms with Gasteiger partial charge in [0.25, 0.3) is 0 Å². The zero-order valence-electron chi connectivity index (χ0n) is 22.7. The maximum atomic E-state index is 13.4. The second kappa shape index (κ2) is 16.3. The van der Waals surface area contributed by atoms with E-state index in [9.17, 15) is 44.1 Å². The Bertz CT molecular complexity index is 1250. The molecular weight excluding hydrogens is 550 g/mol. The van der Waals surface area contributed by atoms with Gasteiger partial charge in [0.15, 0.2) is 0 Å². The highest BCUT2D eigenvalue weighted by atomic mass is 16.4. The Morgan fingerprint density at radius 2 is 1.19 bits per heavy atom. The summed E-state index contributed by atoms with van der Waals surface area (Å²) < 4.78 is 0. The lowest BCUT2D eigenvalue weighted by Crippen LogP contribution is -2.57. The number of nitrogens with one attached hydrogen (secondary N) is 3. The molecular formula is C28H35N5O9. The van der Waals surface area contributed by atoms with Crippen molar-refractivity contribution in [3.8, 4) is 5.75 Å². The topological polar surface area (TPSA) is 251 Å². The number of hydrogen-bond acceptors (Lipinski definition) is 8. The third-order valence-corrected chi connectivity index (χ3v) is 6.22. The van der Waals surface area contributed by atoms with Crippen LogP contribution in [-0.2, 0) is 41.6 Å². The smallest absolute Gasteiger partial charge is 0.326 e. The van der Waals surface area contributed by atoms with E-state index in [1.54, 1.807) is 30.3 Å². The molecule has 0 fully saturated rings. The first-order chi connectivity index (χ1) is 19.8. The van der Waals surface area contributed by atoms with E-state index in [2.05, 4.69) is 16.0 Å². The van der Waals surface area contributed by atoms with Crippen LogP contribution in [0.2, 0.25) is 0 Å². The molecule has 0 saturated carbocycles. The van der Waals surface area contributed by atoms with Gasteiger partial charge in [-0.3, -0.25) is 24.0 Å². The van der Waals surface area contributed by atoms with E-state index in [0.717, 1.165) is 0 Å². The van der Waals surface area contributed by atoms with Crippen molar-refractivity contribution in [1.82, 2.24) is 16.0 Å². The minimum atomic E-state index is -1.46. The molecule has 2 aromatic rings. The molecule has 42 heavy (non-hydrogen) atoms. The van der Waals surface area contributed by atoms with Crippen molar-refractivity contribution in [3.05, 3.63) is 65.7 Å². The van der Waals surface area contributed by atoms with E-state index in [-0.39, 0.29) is 37.9 Å². The van der Waals surface area contributed by atoms with Gasteiger partial charge >= 0.3 is 11.9 Å². The molecule has 2 rings (SSSR count). The van der Waals surface area contributed by atoms with Gasteiger partial charge in [-0.15, -0.1) is 0 Å². The van der Waals surface area contributed by atoms with Crippen LogP contribution < -0.4 is 27.4 Å². The Kier molecular flexibility index (Phi) is 12.9. The van der Waals surface area contributed by atoms with Crippen LogP contribution in [0.4, 0.5) is 0 Å². The predicted octanol–water partition coefficient (Wildman–Crippen LogP) is -0.826. The summed E-state index contributed by atoms with van der Waals surface area (Å²) in [7, 11) is 0. The number of carboxylic acid groups (broad SMARTS) is 2. The number of carbonyl (C=O) groups is 6. The predicted molar refractivity (Wildman–Crippen MR) is 149 cm³/mol. The highest BCUT2D eigenvalue weighted by molar-refractivity contribution is 5.94. The number of phenolic OH excluding ortho intramolecular Hbond substituents is 1. The molecule has 0 aromatic heterocycles. The highest BCUT2D eigenvalue weighted by Crippen LogP contribution is 2.12. The quantitative estimate of drug-likeness (QED) is 0.114. The van der Waals surface area contributed by atoms with Gasteiger partial charge in [0.2, 0.25) is 23.6 Å². The van der Waals surface area contributed by atoms with Crippen LogP contribution in [0.1, 0.15) is 36.8 Å². The van der Waals surface area contributed by atoms with E-state index >= 15 is 0 Å². The summed E-state index contributed by atoms with van der Waals surface area (Å²) in [5.41, 5.74) is 12.1. The maximum Gasteiger partial charge on any atom is 0.326 e. The van der Waals surface area contributed by atoms with Crippen molar-refractivity contribution in [1.29, 1.82) is 0 Å². The summed E-state index contributed by atoms with van der Waals surface area (Å²) in [6.45, 7) is 0. The van der Waals surface area contributed by atoms with Crippen LogP contribution in [0.5, 0.6) is 5.75 Å². The van der Waals surface area contributed by atoms with Gasteiger partial charge in [-0.05, 0) is 36.1 Å². The number of primary amides is 1. The summed E-state index contributed by atoms with van der Waals surface area (Å²) in [6.07, 6.45) is -1.30.